The molecule has 0 spiro atoms. The molecule has 1 atom stereocenters. The molecule has 1 aromatic carbocycles. The number of non-ortho nitro benzene ring substituents is 1. The van der Waals surface area contributed by atoms with Crippen molar-refractivity contribution in [1.82, 2.24) is 14.9 Å². The lowest BCUT2D eigenvalue weighted by Gasteiger charge is -2.24. The number of hydrogen-bond donors (Lipinski definition) is 0. The quantitative estimate of drug-likeness (QED) is 0.609. The van der Waals surface area contributed by atoms with Crippen LogP contribution in [0.4, 0.5) is 5.69 Å². The zero-order valence-electron chi connectivity index (χ0n) is 14.5. The topological polar surface area (TPSA) is 95.4 Å². The van der Waals surface area contributed by atoms with Crippen molar-refractivity contribution in [3.63, 3.8) is 0 Å². The van der Waals surface area contributed by atoms with E-state index < -0.39 is 11.0 Å². The van der Waals surface area contributed by atoms with Crippen LogP contribution in [0.25, 0.3) is 0 Å². The van der Waals surface area contributed by atoms with Crippen LogP contribution in [0.1, 0.15) is 39.6 Å². The first-order valence-corrected chi connectivity index (χ1v) is 8.82. The molecule has 9 heteroatoms. The minimum atomic E-state index is -0.442. The van der Waals surface area contributed by atoms with Crippen LogP contribution in [0.3, 0.4) is 0 Å². The van der Waals surface area contributed by atoms with E-state index in [2.05, 4.69) is 31.0 Å². The minimum absolute atomic E-state index is 0.0238. The number of aromatic nitrogens is 3. The second kappa shape index (κ2) is 6.47. The fourth-order valence-electron chi connectivity index (χ4n) is 2.27. The molecule has 0 saturated heterocycles. The molecule has 0 N–H and O–H groups in total. The van der Waals surface area contributed by atoms with Crippen molar-refractivity contribution in [2.75, 3.05) is 5.75 Å². The van der Waals surface area contributed by atoms with Gasteiger partial charge in [0, 0.05) is 23.3 Å². The van der Waals surface area contributed by atoms with E-state index in [9.17, 15) is 10.1 Å². The van der Waals surface area contributed by atoms with Crippen molar-refractivity contribution >= 4 is 23.2 Å². The van der Waals surface area contributed by atoms with Gasteiger partial charge in [-0.05, 0) is 19.1 Å². The summed E-state index contributed by atoms with van der Waals surface area (Å²) in [7, 11) is 0. The zero-order valence-corrected chi connectivity index (χ0v) is 15.3. The Hall–Kier alpha value is -2.42. The van der Waals surface area contributed by atoms with E-state index in [-0.39, 0.29) is 11.1 Å². The predicted molar refractivity (Wildman–Crippen MR) is 95.2 cm³/mol. The molecule has 0 amide bonds. The van der Waals surface area contributed by atoms with E-state index in [4.69, 9.17) is 9.84 Å². The number of ether oxygens (including phenoxy) is 1. The highest BCUT2D eigenvalue weighted by Crippen LogP contribution is 2.31. The monoisotopic (exact) mass is 361 g/mol. The van der Waals surface area contributed by atoms with Crippen LogP contribution in [-0.2, 0) is 0 Å². The summed E-state index contributed by atoms with van der Waals surface area (Å²) in [4.78, 5) is 10.3. The fraction of sp³-hybridized carbons (Fsp3) is 0.438. The summed E-state index contributed by atoms with van der Waals surface area (Å²) in [6.45, 7) is 8.22. The third kappa shape index (κ3) is 3.65. The standard InChI is InChI=1S/C16H19N5O3S/c1-10(24-12-7-5-11(6-8-12)21(22)23)14-17-18-15-20(14)19-13(9-25-15)16(2,3)4/h5-8,10H,9H2,1-4H3. The molecule has 8 nitrogen and oxygen atoms in total. The van der Waals surface area contributed by atoms with Gasteiger partial charge in [-0.3, -0.25) is 10.1 Å². The third-order valence-corrected chi connectivity index (χ3v) is 4.72. The Bertz CT molecular complexity index is 823. The van der Waals surface area contributed by atoms with Gasteiger partial charge in [0.15, 0.2) is 11.9 Å². The van der Waals surface area contributed by atoms with Crippen LogP contribution in [0.5, 0.6) is 5.75 Å². The van der Waals surface area contributed by atoms with E-state index in [1.807, 2.05) is 6.92 Å². The maximum atomic E-state index is 10.7. The van der Waals surface area contributed by atoms with Crippen LogP contribution >= 0.6 is 11.8 Å². The van der Waals surface area contributed by atoms with Crippen molar-refractivity contribution in [2.24, 2.45) is 10.5 Å². The average Bonchev–Trinajstić information content (AvgIpc) is 2.97. The molecule has 0 radical (unpaired) electrons. The van der Waals surface area contributed by atoms with E-state index in [1.54, 1.807) is 28.6 Å². The smallest absolute Gasteiger partial charge is 0.269 e. The summed E-state index contributed by atoms with van der Waals surface area (Å²) in [6.07, 6.45) is -0.397. The van der Waals surface area contributed by atoms with Gasteiger partial charge in [0.25, 0.3) is 5.69 Å². The number of rotatable bonds is 4. The van der Waals surface area contributed by atoms with Crippen LogP contribution in [0, 0.1) is 15.5 Å². The van der Waals surface area contributed by atoms with Gasteiger partial charge in [-0.2, -0.15) is 9.78 Å². The van der Waals surface area contributed by atoms with Crippen molar-refractivity contribution in [3.05, 3.63) is 40.2 Å². The predicted octanol–water partition coefficient (Wildman–Crippen LogP) is 3.68. The first kappa shape index (κ1) is 17.4. The summed E-state index contributed by atoms with van der Waals surface area (Å²) in [5, 5.41) is 24.5. The number of benzene rings is 1. The summed E-state index contributed by atoms with van der Waals surface area (Å²) in [6, 6.07) is 5.96. The van der Waals surface area contributed by atoms with Crippen LogP contribution in [-0.4, -0.2) is 31.3 Å². The normalized spacial score (nSPS) is 15.3. The Morgan fingerprint density at radius 1 is 1.28 bits per heavy atom. The first-order chi connectivity index (χ1) is 11.8. The molecule has 0 bridgehead atoms. The van der Waals surface area contributed by atoms with Crippen LogP contribution in [0.15, 0.2) is 34.5 Å². The lowest BCUT2D eigenvalue weighted by atomic mass is 9.91. The minimum Gasteiger partial charge on any atom is -0.483 e. The van der Waals surface area contributed by atoms with Gasteiger partial charge >= 0.3 is 0 Å². The Labute approximate surface area is 149 Å². The summed E-state index contributed by atoms with van der Waals surface area (Å²) >= 11 is 1.60. The Morgan fingerprint density at radius 3 is 2.56 bits per heavy atom. The largest absolute Gasteiger partial charge is 0.483 e. The van der Waals surface area contributed by atoms with E-state index >= 15 is 0 Å². The molecule has 0 saturated carbocycles. The van der Waals surface area contributed by atoms with Gasteiger partial charge in [0.05, 0.1) is 10.6 Å². The van der Waals surface area contributed by atoms with Gasteiger partial charge in [-0.1, -0.05) is 32.5 Å². The van der Waals surface area contributed by atoms with Crippen LogP contribution < -0.4 is 4.74 Å². The van der Waals surface area contributed by atoms with Crippen molar-refractivity contribution in [1.29, 1.82) is 0 Å². The number of thioether (sulfide) groups is 1. The molecule has 0 fully saturated rings. The van der Waals surface area contributed by atoms with E-state index in [0.717, 1.165) is 16.6 Å². The molecular weight excluding hydrogens is 342 g/mol. The average molecular weight is 361 g/mol. The zero-order chi connectivity index (χ0) is 18.2. The fourth-order valence-corrected chi connectivity index (χ4v) is 3.38. The molecule has 3 rings (SSSR count). The highest BCUT2D eigenvalue weighted by molar-refractivity contribution is 7.99. The number of nitro benzene ring substituents is 1. The van der Waals surface area contributed by atoms with E-state index in [1.165, 1.54) is 12.1 Å². The van der Waals surface area contributed by atoms with Crippen molar-refractivity contribution < 1.29 is 9.66 Å². The Morgan fingerprint density at radius 2 is 1.96 bits per heavy atom. The summed E-state index contributed by atoms with van der Waals surface area (Å²) in [5.41, 5.74) is 1.05. The SMILES string of the molecule is CC(Oc1ccc([N+](=O)[O-])cc1)c1nnc2n1N=C(C(C)(C)C)CS2. The molecule has 1 aliphatic heterocycles. The Kier molecular flexibility index (Phi) is 4.51. The molecule has 2 aromatic rings. The lowest BCUT2D eigenvalue weighted by molar-refractivity contribution is -0.384. The third-order valence-electron chi connectivity index (χ3n) is 3.78. The molecule has 1 aromatic heterocycles. The second-order valence-electron chi connectivity index (χ2n) is 6.75. The summed E-state index contributed by atoms with van der Waals surface area (Å²) in [5.74, 6) is 1.92. The van der Waals surface area contributed by atoms with Gasteiger partial charge in [-0.25, -0.2) is 0 Å². The van der Waals surface area contributed by atoms with E-state index in [0.29, 0.717) is 11.6 Å². The van der Waals surface area contributed by atoms with Crippen molar-refractivity contribution in [3.8, 4) is 5.75 Å². The molecule has 1 unspecified atom stereocenters. The van der Waals surface area contributed by atoms with Crippen LogP contribution in [0.2, 0.25) is 0 Å². The maximum absolute atomic E-state index is 10.7. The molecule has 1 aliphatic rings. The molecule has 0 aliphatic carbocycles. The molecule has 132 valence electrons. The van der Waals surface area contributed by atoms with Gasteiger partial charge in [0.2, 0.25) is 5.16 Å². The number of fused-ring (bicyclic) bond motifs is 1. The second-order valence-corrected chi connectivity index (χ2v) is 7.69. The highest BCUT2D eigenvalue weighted by Gasteiger charge is 2.28. The number of nitro groups is 1. The van der Waals surface area contributed by atoms with Crippen molar-refractivity contribution in [2.45, 2.75) is 39.0 Å². The maximum Gasteiger partial charge on any atom is 0.269 e. The highest BCUT2D eigenvalue weighted by atomic mass is 32.2. The molecular formula is C16H19N5O3S. The number of hydrogen-bond acceptors (Lipinski definition) is 7. The van der Waals surface area contributed by atoms with Gasteiger partial charge in [-0.15, -0.1) is 10.2 Å². The Balaban J connectivity index is 1.83. The van der Waals surface area contributed by atoms with Gasteiger partial charge in [0.1, 0.15) is 5.75 Å². The summed E-state index contributed by atoms with van der Waals surface area (Å²) < 4.78 is 7.58. The first-order valence-electron chi connectivity index (χ1n) is 7.83. The molecule has 2 heterocycles. The lowest BCUT2D eigenvalue weighted by Crippen LogP contribution is -2.27. The number of nitrogens with zero attached hydrogens (tertiary/aromatic N) is 5. The van der Waals surface area contributed by atoms with Gasteiger partial charge < -0.3 is 4.74 Å². The molecule has 25 heavy (non-hydrogen) atoms.